The number of thiazole rings is 1. The Morgan fingerprint density at radius 2 is 2.05 bits per heavy atom. The predicted molar refractivity (Wildman–Crippen MR) is 81.0 cm³/mol. The Balaban J connectivity index is 1.56. The summed E-state index contributed by atoms with van der Waals surface area (Å²) in [6.45, 7) is 3.69. The Kier molecular flexibility index (Phi) is 3.90. The molecule has 0 amide bonds. The molecule has 2 aromatic heterocycles. The topological polar surface area (TPSA) is 42.7 Å². The smallest absolute Gasteiger partial charge is 0.0991 e. The van der Waals surface area contributed by atoms with Crippen LogP contribution in [0.4, 0.5) is 0 Å². The maximum Gasteiger partial charge on any atom is 0.0991 e. The summed E-state index contributed by atoms with van der Waals surface area (Å²) < 4.78 is 2.00. The maximum atomic E-state index is 4.44. The molecule has 5 heteroatoms. The first-order valence-corrected chi connectivity index (χ1v) is 7.38. The normalized spacial score (nSPS) is 10.8. The summed E-state index contributed by atoms with van der Waals surface area (Å²) in [5.74, 6) is 0. The van der Waals surface area contributed by atoms with Crippen molar-refractivity contribution >= 4 is 11.3 Å². The van der Waals surface area contributed by atoms with E-state index < -0.39 is 0 Å². The third kappa shape index (κ3) is 3.12. The minimum absolute atomic E-state index is 0.813. The van der Waals surface area contributed by atoms with Gasteiger partial charge in [-0.2, -0.15) is 0 Å². The summed E-state index contributed by atoms with van der Waals surface area (Å²) in [6, 6.07) is 8.47. The first-order valence-electron chi connectivity index (χ1n) is 6.50. The van der Waals surface area contributed by atoms with Crippen LogP contribution in [-0.4, -0.2) is 14.5 Å². The van der Waals surface area contributed by atoms with Crippen molar-refractivity contribution in [3.05, 3.63) is 64.6 Å². The molecule has 0 saturated heterocycles. The molecule has 1 aromatic carbocycles. The van der Waals surface area contributed by atoms with Crippen LogP contribution in [0.3, 0.4) is 0 Å². The summed E-state index contributed by atoms with van der Waals surface area (Å²) in [4.78, 5) is 8.49. The number of aromatic nitrogens is 3. The first-order chi connectivity index (χ1) is 9.81. The van der Waals surface area contributed by atoms with Gasteiger partial charge in [0.15, 0.2) is 0 Å². The van der Waals surface area contributed by atoms with Crippen molar-refractivity contribution in [1.82, 2.24) is 19.9 Å². The minimum Gasteiger partial charge on any atom is -0.307 e. The van der Waals surface area contributed by atoms with Gasteiger partial charge < -0.3 is 9.88 Å². The zero-order chi connectivity index (χ0) is 13.8. The number of imidazole rings is 1. The fourth-order valence-corrected chi connectivity index (χ4v) is 2.63. The number of nitrogens with one attached hydrogen (secondary N) is 1. The predicted octanol–water partition coefficient (Wildman–Crippen LogP) is 2.93. The molecule has 1 N–H and O–H groups in total. The van der Waals surface area contributed by atoms with Crippen LogP contribution in [0.15, 0.2) is 48.4 Å². The lowest BCUT2D eigenvalue weighted by atomic mass is 10.2. The summed E-state index contributed by atoms with van der Waals surface area (Å²) in [6.07, 6.45) is 5.53. The highest BCUT2D eigenvalue weighted by molar-refractivity contribution is 7.09. The van der Waals surface area contributed by atoms with Gasteiger partial charge in [-0.3, -0.25) is 0 Å². The van der Waals surface area contributed by atoms with Crippen molar-refractivity contribution in [2.75, 3.05) is 0 Å². The van der Waals surface area contributed by atoms with Crippen LogP contribution in [0.5, 0.6) is 0 Å². The largest absolute Gasteiger partial charge is 0.307 e. The molecule has 0 unspecified atom stereocenters. The molecule has 20 heavy (non-hydrogen) atoms. The molecule has 4 nitrogen and oxygen atoms in total. The van der Waals surface area contributed by atoms with Crippen molar-refractivity contribution < 1.29 is 0 Å². The molecule has 0 spiro atoms. The van der Waals surface area contributed by atoms with Gasteiger partial charge in [-0.05, 0) is 24.6 Å². The van der Waals surface area contributed by atoms with Gasteiger partial charge in [0.05, 0.1) is 17.0 Å². The number of hydrogen-bond acceptors (Lipinski definition) is 4. The lowest BCUT2D eigenvalue weighted by Crippen LogP contribution is -2.12. The van der Waals surface area contributed by atoms with Gasteiger partial charge in [-0.15, -0.1) is 11.3 Å². The van der Waals surface area contributed by atoms with E-state index in [-0.39, 0.29) is 0 Å². The molecule has 102 valence electrons. The SMILES string of the molecule is Cc1nc(CNCc2ccc(-n3ccnc3)cc2)cs1. The summed E-state index contributed by atoms with van der Waals surface area (Å²) in [5.41, 5.74) is 3.50. The molecule has 0 fully saturated rings. The van der Waals surface area contributed by atoms with Crippen molar-refractivity contribution in [1.29, 1.82) is 0 Å². The number of hydrogen-bond donors (Lipinski definition) is 1. The van der Waals surface area contributed by atoms with E-state index in [1.807, 2.05) is 17.7 Å². The average molecular weight is 284 g/mol. The average Bonchev–Trinajstić information content (AvgIpc) is 3.11. The molecule has 0 saturated carbocycles. The fraction of sp³-hybridized carbons (Fsp3) is 0.200. The van der Waals surface area contributed by atoms with Gasteiger partial charge >= 0.3 is 0 Å². The first kappa shape index (κ1) is 13.0. The van der Waals surface area contributed by atoms with Gasteiger partial charge in [0.2, 0.25) is 0 Å². The molecule has 0 aliphatic rings. The van der Waals surface area contributed by atoms with Crippen LogP contribution in [-0.2, 0) is 13.1 Å². The fourth-order valence-electron chi connectivity index (χ4n) is 2.02. The minimum atomic E-state index is 0.813. The highest BCUT2D eigenvalue weighted by atomic mass is 32.1. The number of benzene rings is 1. The van der Waals surface area contributed by atoms with E-state index in [0.29, 0.717) is 0 Å². The molecule has 2 heterocycles. The monoisotopic (exact) mass is 284 g/mol. The molecule has 3 rings (SSSR count). The summed E-state index contributed by atoms with van der Waals surface area (Å²) in [7, 11) is 0. The van der Waals surface area contributed by atoms with Gasteiger partial charge in [0.1, 0.15) is 0 Å². The Hall–Kier alpha value is -1.98. The quantitative estimate of drug-likeness (QED) is 0.783. The second-order valence-corrected chi connectivity index (χ2v) is 5.66. The zero-order valence-corrected chi connectivity index (χ0v) is 12.1. The van der Waals surface area contributed by atoms with E-state index in [1.54, 1.807) is 23.9 Å². The molecule has 3 aromatic rings. The molecule has 0 aliphatic heterocycles. The third-order valence-corrected chi connectivity index (χ3v) is 3.86. The Morgan fingerprint density at radius 1 is 1.20 bits per heavy atom. The van der Waals surface area contributed by atoms with E-state index >= 15 is 0 Å². The Morgan fingerprint density at radius 3 is 2.70 bits per heavy atom. The number of aryl methyl sites for hydroxylation is 1. The van der Waals surface area contributed by atoms with Crippen LogP contribution in [0.2, 0.25) is 0 Å². The number of nitrogens with zero attached hydrogens (tertiary/aromatic N) is 3. The third-order valence-electron chi connectivity index (χ3n) is 3.04. The summed E-state index contributed by atoms with van der Waals surface area (Å²) in [5, 5.41) is 6.63. The van der Waals surface area contributed by atoms with Gasteiger partial charge in [-0.25, -0.2) is 9.97 Å². The van der Waals surface area contributed by atoms with Crippen molar-refractivity contribution in [2.45, 2.75) is 20.0 Å². The van der Waals surface area contributed by atoms with Crippen LogP contribution in [0, 0.1) is 6.92 Å². The van der Waals surface area contributed by atoms with Crippen molar-refractivity contribution in [3.8, 4) is 5.69 Å². The Labute approximate surface area is 122 Å². The highest BCUT2D eigenvalue weighted by Gasteiger charge is 1.99. The molecular weight excluding hydrogens is 268 g/mol. The van der Waals surface area contributed by atoms with Crippen LogP contribution < -0.4 is 5.32 Å². The molecule has 0 radical (unpaired) electrons. The zero-order valence-electron chi connectivity index (χ0n) is 11.3. The van der Waals surface area contributed by atoms with Crippen molar-refractivity contribution in [2.24, 2.45) is 0 Å². The lowest BCUT2D eigenvalue weighted by molar-refractivity contribution is 0.681. The van der Waals surface area contributed by atoms with E-state index in [0.717, 1.165) is 29.5 Å². The second-order valence-electron chi connectivity index (χ2n) is 4.60. The van der Waals surface area contributed by atoms with E-state index in [4.69, 9.17) is 0 Å². The standard InChI is InChI=1S/C15H16N4S/c1-12-18-14(10-20-12)9-17-8-13-2-4-15(5-3-13)19-7-6-16-11-19/h2-7,10-11,17H,8-9H2,1H3. The van der Waals surface area contributed by atoms with E-state index in [9.17, 15) is 0 Å². The highest BCUT2D eigenvalue weighted by Crippen LogP contribution is 2.10. The van der Waals surface area contributed by atoms with Crippen LogP contribution in [0.25, 0.3) is 5.69 Å². The van der Waals surface area contributed by atoms with Gasteiger partial charge in [-0.1, -0.05) is 12.1 Å². The lowest BCUT2D eigenvalue weighted by Gasteiger charge is -2.06. The maximum absolute atomic E-state index is 4.44. The van der Waals surface area contributed by atoms with Gasteiger partial charge in [0.25, 0.3) is 0 Å². The number of rotatable bonds is 5. The van der Waals surface area contributed by atoms with E-state index in [2.05, 4.69) is 44.9 Å². The van der Waals surface area contributed by atoms with Gasteiger partial charge in [0, 0.05) is 36.6 Å². The Bertz CT molecular complexity index is 656. The molecule has 0 aliphatic carbocycles. The molecular formula is C15H16N4S. The van der Waals surface area contributed by atoms with Crippen LogP contribution in [0.1, 0.15) is 16.3 Å². The second kappa shape index (κ2) is 5.98. The summed E-state index contributed by atoms with van der Waals surface area (Å²) >= 11 is 1.69. The van der Waals surface area contributed by atoms with Crippen LogP contribution >= 0.6 is 11.3 Å². The van der Waals surface area contributed by atoms with Crippen molar-refractivity contribution in [3.63, 3.8) is 0 Å². The van der Waals surface area contributed by atoms with E-state index in [1.165, 1.54) is 5.56 Å². The molecule has 0 bridgehead atoms. The molecule has 0 atom stereocenters.